The summed E-state index contributed by atoms with van der Waals surface area (Å²) in [5, 5.41) is 20.2. The van der Waals surface area contributed by atoms with Crippen LogP contribution in [0, 0.1) is 16.0 Å². The summed E-state index contributed by atoms with van der Waals surface area (Å²) in [6.07, 6.45) is 0.451. The van der Waals surface area contributed by atoms with Gasteiger partial charge in [0.15, 0.2) is 0 Å². The Bertz CT molecular complexity index is 583. The molecule has 0 aliphatic carbocycles. The minimum Gasteiger partial charge on any atom is -0.481 e. The van der Waals surface area contributed by atoms with Crippen LogP contribution in [-0.2, 0) is 9.59 Å². The second kappa shape index (κ2) is 5.80. The van der Waals surface area contributed by atoms with Crippen LogP contribution in [0.5, 0.6) is 0 Å². The monoisotopic (exact) mass is 312 g/mol. The summed E-state index contributed by atoms with van der Waals surface area (Å²) in [6.45, 7) is 3.63. The van der Waals surface area contributed by atoms with Crippen LogP contribution >= 0.6 is 11.3 Å². The molecule has 2 heterocycles. The van der Waals surface area contributed by atoms with E-state index in [0.717, 1.165) is 11.3 Å². The van der Waals surface area contributed by atoms with Crippen LogP contribution in [0.15, 0.2) is 12.1 Å². The van der Waals surface area contributed by atoms with Crippen molar-refractivity contribution in [3.63, 3.8) is 0 Å². The minimum absolute atomic E-state index is 0.0455. The third kappa shape index (κ3) is 2.90. The molecule has 0 bridgehead atoms. The highest BCUT2D eigenvalue weighted by Gasteiger charge is 2.42. The molecule has 1 aliphatic heterocycles. The number of carboxylic acids is 1. The molecule has 1 aromatic heterocycles. The molecule has 0 spiro atoms. The summed E-state index contributed by atoms with van der Waals surface area (Å²) in [6, 6.07) is 2.11. The van der Waals surface area contributed by atoms with Crippen LogP contribution in [0.25, 0.3) is 0 Å². The van der Waals surface area contributed by atoms with Gasteiger partial charge in [-0.3, -0.25) is 19.7 Å². The lowest BCUT2D eigenvalue weighted by Crippen LogP contribution is -2.48. The van der Waals surface area contributed by atoms with Crippen LogP contribution in [0.1, 0.15) is 37.6 Å². The van der Waals surface area contributed by atoms with Gasteiger partial charge in [-0.2, -0.15) is 0 Å². The molecular formula is C13H16N2O5S. The molecule has 0 radical (unpaired) electrons. The Morgan fingerprint density at radius 2 is 2.19 bits per heavy atom. The Morgan fingerprint density at radius 1 is 1.52 bits per heavy atom. The first-order valence-electron chi connectivity index (χ1n) is 6.61. The van der Waals surface area contributed by atoms with Gasteiger partial charge in [-0.15, -0.1) is 0 Å². The van der Waals surface area contributed by atoms with Crippen molar-refractivity contribution >= 4 is 28.2 Å². The van der Waals surface area contributed by atoms with Crippen LogP contribution in [0.2, 0.25) is 0 Å². The summed E-state index contributed by atoms with van der Waals surface area (Å²) in [7, 11) is 0. The van der Waals surface area contributed by atoms with E-state index in [1.165, 1.54) is 11.0 Å². The number of aliphatic carboxylic acids is 1. The summed E-state index contributed by atoms with van der Waals surface area (Å²) in [4.78, 5) is 36.0. The Labute approximate surface area is 125 Å². The number of hydrogen-bond donors (Lipinski definition) is 1. The molecule has 1 N–H and O–H groups in total. The first-order valence-corrected chi connectivity index (χ1v) is 7.42. The molecule has 0 aromatic carbocycles. The topological polar surface area (TPSA) is 101 Å². The SMILES string of the molecule is CC(C)N1C(=O)CCC(C(=O)O)C1c1ccc([N+](=O)[O-])s1. The Balaban J connectivity index is 2.45. The average Bonchev–Trinajstić information content (AvgIpc) is 2.86. The predicted molar refractivity (Wildman–Crippen MR) is 76.1 cm³/mol. The van der Waals surface area contributed by atoms with Crippen molar-refractivity contribution in [2.24, 2.45) is 5.92 Å². The van der Waals surface area contributed by atoms with E-state index < -0.39 is 22.9 Å². The van der Waals surface area contributed by atoms with E-state index in [1.807, 2.05) is 13.8 Å². The maximum atomic E-state index is 12.1. The predicted octanol–water partition coefficient (Wildman–Crippen LogP) is 2.43. The van der Waals surface area contributed by atoms with Gasteiger partial charge < -0.3 is 10.0 Å². The first-order chi connectivity index (χ1) is 9.82. The summed E-state index contributed by atoms with van der Waals surface area (Å²) in [5.74, 6) is -1.82. The standard InChI is InChI=1S/C13H16N2O5S/c1-7(2)14-10(16)5-3-8(13(17)18)12(14)9-4-6-11(21-9)15(19)20/h4,6-8,12H,3,5H2,1-2H3,(H,17,18). The number of carbonyl (C=O) groups is 2. The van der Waals surface area contributed by atoms with Gasteiger partial charge in [-0.1, -0.05) is 11.3 Å². The van der Waals surface area contributed by atoms with Crippen molar-refractivity contribution in [1.82, 2.24) is 4.90 Å². The summed E-state index contributed by atoms with van der Waals surface area (Å²) in [5.41, 5.74) is 0. The molecule has 1 fully saturated rings. The number of hydrogen-bond acceptors (Lipinski definition) is 5. The fourth-order valence-corrected chi connectivity index (χ4v) is 3.70. The van der Waals surface area contributed by atoms with E-state index in [-0.39, 0.29) is 29.8 Å². The molecule has 114 valence electrons. The molecule has 2 atom stereocenters. The van der Waals surface area contributed by atoms with Crippen molar-refractivity contribution in [2.45, 2.75) is 38.8 Å². The number of likely N-dealkylation sites (tertiary alicyclic amines) is 1. The molecule has 8 heteroatoms. The number of nitro groups is 1. The molecule has 1 saturated heterocycles. The highest BCUT2D eigenvalue weighted by molar-refractivity contribution is 7.15. The Morgan fingerprint density at radius 3 is 2.67 bits per heavy atom. The van der Waals surface area contributed by atoms with Crippen molar-refractivity contribution in [3.05, 3.63) is 27.1 Å². The molecule has 2 unspecified atom stereocenters. The number of thiophene rings is 1. The maximum Gasteiger partial charge on any atom is 0.324 e. The smallest absolute Gasteiger partial charge is 0.324 e. The van der Waals surface area contributed by atoms with Gasteiger partial charge in [0.2, 0.25) is 5.91 Å². The quantitative estimate of drug-likeness (QED) is 0.679. The lowest BCUT2D eigenvalue weighted by atomic mass is 9.87. The normalized spacial score (nSPS) is 22.6. The third-order valence-electron chi connectivity index (χ3n) is 3.60. The average molecular weight is 312 g/mol. The van der Waals surface area contributed by atoms with Crippen LogP contribution in [-0.4, -0.2) is 32.8 Å². The van der Waals surface area contributed by atoms with E-state index in [9.17, 15) is 24.8 Å². The number of amides is 1. The van der Waals surface area contributed by atoms with Crippen molar-refractivity contribution in [1.29, 1.82) is 0 Å². The number of piperidine rings is 1. The summed E-state index contributed by atoms with van der Waals surface area (Å²) >= 11 is 0.936. The zero-order chi connectivity index (χ0) is 15.7. The van der Waals surface area contributed by atoms with Gasteiger partial charge in [0.1, 0.15) is 0 Å². The fraction of sp³-hybridized carbons (Fsp3) is 0.538. The molecule has 2 rings (SSSR count). The number of carboxylic acid groups (broad SMARTS) is 1. The highest BCUT2D eigenvalue weighted by Crippen LogP contribution is 2.42. The maximum absolute atomic E-state index is 12.1. The second-order valence-electron chi connectivity index (χ2n) is 5.26. The van der Waals surface area contributed by atoms with E-state index in [0.29, 0.717) is 4.88 Å². The van der Waals surface area contributed by atoms with E-state index in [4.69, 9.17) is 0 Å². The Hall–Kier alpha value is -1.96. The lowest BCUT2D eigenvalue weighted by Gasteiger charge is -2.41. The molecule has 21 heavy (non-hydrogen) atoms. The minimum atomic E-state index is -0.978. The number of carbonyl (C=O) groups excluding carboxylic acids is 1. The van der Waals surface area contributed by atoms with Gasteiger partial charge in [0.25, 0.3) is 0 Å². The van der Waals surface area contributed by atoms with Gasteiger partial charge in [0.05, 0.1) is 16.9 Å². The van der Waals surface area contributed by atoms with E-state index >= 15 is 0 Å². The van der Waals surface area contributed by atoms with Crippen LogP contribution in [0.4, 0.5) is 5.00 Å². The van der Waals surface area contributed by atoms with E-state index in [1.54, 1.807) is 6.07 Å². The largest absolute Gasteiger partial charge is 0.481 e. The van der Waals surface area contributed by atoms with E-state index in [2.05, 4.69) is 0 Å². The van der Waals surface area contributed by atoms with Crippen molar-refractivity contribution < 1.29 is 19.6 Å². The third-order valence-corrected chi connectivity index (χ3v) is 4.70. The Kier molecular flexibility index (Phi) is 4.26. The molecule has 1 aliphatic rings. The molecule has 1 aromatic rings. The van der Waals surface area contributed by atoms with Gasteiger partial charge in [-0.05, 0) is 26.3 Å². The second-order valence-corrected chi connectivity index (χ2v) is 6.35. The van der Waals surface area contributed by atoms with Gasteiger partial charge in [0, 0.05) is 23.4 Å². The number of nitrogens with zero attached hydrogens (tertiary/aromatic N) is 2. The van der Waals surface area contributed by atoms with Crippen molar-refractivity contribution in [2.75, 3.05) is 0 Å². The van der Waals surface area contributed by atoms with Crippen molar-refractivity contribution in [3.8, 4) is 0 Å². The summed E-state index contributed by atoms with van der Waals surface area (Å²) < 4.78 is 0. The zero-order valence-electron chi connectivity index (χ0n) is 11.7. The van der Waals surface area contributed by atoms with Gasteiger partial charge >= 0.3 is 11.0 Å². The molecule has 1 amide bonds. The molecular weight excluding hydrogens is 296 g/mol. The van der Waals surface area contributed by atoms with Crippen LogP contribution < -0.4 is 0 Å². The van der Waals surface area contributed by atoms with Crippen LogP contribution in [0.3, 0.4) is 0 Å². The fourth-order valence-electron chi connectivity index (χ4n) is 2.72. The molecule has 0 saturated carbocycles. The molecule has 7 nitrogen and oxygen atoms in total. The lowest BCUT2D eigenvalue weighted by molar-refractivity contribution is -0.380. The van der Waals surface area contributed by atoms with Gasteiger partial charge in [-0.25, -0.2) is 0 Å². The first kappa shape index (κ1) is 15.4. The highest BCUT2D eigenvalue weighted by atomic mass is 32.1. The zero-order valence-corrected chi connectivity index (χ0v) is 12.5. The number of rotatable bonds is 4.